The van der Waals surface area contributed by atoms with Crippen LogP contribution in [0.3, 0.4) is 0 Å². The highest BCUT2D eigenvalue weighted by Gasteiger charge is 2.73. The van der Waals surface area contributed by atoms with Crippen LogP contribution in [0.5, 0.6) is 0 Å². The molecule has 0 spiro atoms. The van der Waals surface area contributed by atoms with Gasteiger partial charge >= 0.3 is 0 Å². The van der Waals surface area contributed by atoms with Gasteiger partial charge in [0.2, 0.25) is 0 Å². The van der Waals surface area contributed by atoms with Gasteiger partial charge in [-0.05, 0) is 81.0 Å². The second kappa shape index (κ2) is 5.90. The van der Waals surface area contributed by atoms with Gasteiger partial charge in [0, 0.05) is 5.41 Å². The molecule has 150 valence electrons. The van der Waals surface area contributed by atoms with Gasteiger partial charge in [0.15, 0.2) is 0 Å². The van der Waals surface area contributed by atoms with Crippen molar-refractivity contribution in [1.29, 1.82) is 0 Å². The summed E-state index contributed by atoms with van der Waals surface area (Å²) >= 11 is 0. The number of aliphatic hydroxyl groups is 5. The average molecular weight is 369 g/mol. The molecule has 0 aromatic carbocycles. The van der Waals surface area contributed by atoms with Gasteiger partial charge in [0.1, 0.15) is 0 Å². The Labute approximate surface area is 156 Å². The van der Waals surface area contributed by atoms with Crippen LogP contribution in [0, 0.1) is 34.5 Å². The van der Waals surface area contributed by atoms with E-state index in [1.807, 2.05) is 6.92 Å². The third kappa shape index (κ3) is 2.15. The van der Waals surface area contributed by atoms with E-state index in [0.29, 0.717) is 18.8 Å². The molecule has 0 radical (unpaired) electrons. The van der Waals surface area contributed by atoms with E-state index in [9.17, 15) is 25.5 Å². The van der Waals surface area contributed by atoms with Crippen molar-refractivity contribution >= 4 is 0 Å². The van der Waals surface area contributed by atoms with Gasteiger partial charge in [-0.15, -0.1) is 0 Å². The number of hydrogen-bond donors (Lipinski definition) is 5. The minimum atomic E-state index is -1.05. The summed E-state index contributed by atoms with van der Waals surface area (Å²) in [6.45, 7) is 5.80. The summed E-state index contributed by atoms with van der Waals surface area (Å²) in [6.07, 6.45) is 2.51. The monoisotopic (exact) mass is 368 g/mol. The summed E-state index contributed by atoms with van der Waals surface area (Å²) in [5, 5.41) is 54.8. The Kier molecular flexibility index (Phi) is 4.34. The smallest absolute Gasteiger partial charge is 0.0886 e. The zero-order chi connectivity index (χ0) is 19.1. The standard InChI is InChI=1S/C21H36O5/c1-11(22)14-7-9-21(26)15-5-4-12-10-13(23)6-8-19(12,2)16(15)17(24)18(25)20(14,21)3/h11-18,22-26H,4-10H2,1-3H3/t11-,12-,13+,14+,15-,16-,17+,18-,19+,20+,21+/m1/s1. The molecular formula is C21H36O5. The maximum Gasteiger partial charge on any atom is 0.0886 e. The van der Waals surface area contributed by atoms with Gasteiger partial charge in [0.25, 0.3) is 0 Å². The topological polar surface area (TPSA) is 101 Å². The first-order valence-corrected chi connectivity index (χ1v) is 10.5. The predicted octanol–water partition coefficient (Wildman–Crippen LogP) is 1.44. The number of aliphatic hydroxyl groups excluding tert-OH is 4. The summed E-state index contributed by atoms with van der Waals surface area (Å²) in [5.74, 6) is -0.103. The number of hydrogen-bond acceptors (Lipinski definition) is 5. The minimum Gasteiger partial charge on any atom is -0.393 e. The summed E-state index contributed by atoms with van der Waals surface area (Å²) in [6, 6.07) is 0. The first kappa shape index (κ1) is 19.1. The Balaban J connectivity index is 1.77. The molecule has 4 aliphatic carbocycles. The average Bonchev–Trinajstić information content (AvgIpc) is 2.86. The molecular weight excluding hydrogens is 332 g/mol. The highest BCUT2D eigenvalue weighted by atomic mass is 16.3. The lowest BCUT2D eigenvalue weighted by Crippen LogP contribution is -2.72. The summed E-state index contributed by atoms with van der Waals surface area (Å²) in [7, 11) is 0. The Hall–Kier alpha value is -0.200. The van der Waals surface area contributed by atoms with Gasteiger partial charge in [-0.1, -0.05) is 13.8 Å². The number of rotatable bonds is 1. The zero-order valence-corrected chi connectivity index (χ0v) is 16.3. The van der Waals surface area contributed by atoms with Crippen molar-refractivity contribution in [3.8, 4) is 0 Å². The normalized spacial score (nSPS) is 60.7. The minimum absolute atomic E-state index is 0.0638. The van der Waals surface area contributed by atoms with E-state index in [0.717, 1.165) is 32.1 Å². The van der Waals surface area contributed by atoms with Crippen LogP contribution in [-0.4, -0.2) is 55.5 Å². The van der Waals surface area contributed by atoms with Gasteiger partial charge in [-0.2, -0.15) is 0 Å². The molecule has 0 aromatic heterocycles. The van der Waals surface area contributed by atoms with Crippen LogP contribution in [-0.2, 0) is 0 Å². The maximum atomic E-state index is 11.9. The van der Waals surface area contributed by atoms with Gasteiger partial charge in [-0.3, -0.25) is 0 Å². The molecule has 0 amide bonds. The van der Waals surface area contributed by atoms with Crippen molar-refractivity contribution < 1.29 is 25.5 Å². The highest BCUT2D eigenvalue weighted by molar-refractivity contribution is 5.22. The van der Waals surface area contributed by atoms with Crippen molar-refractivity contribution in [3.63, 3.8) is 0 Å². The van der Waals surface area contributed by atoms with Crippen LogP contribution < -0.4 is 0 Å². The SMILES string of the molecule is C[C@@H](O)[C@@H]1CC[C@]2(O)[C@@H]3CC[C@@H]4C[C@@H](O)CC[C@]4(C)[C@H]3[C@H](O)[C@@H](O)[C@]12C. The van der Waals surface area contributed by atoms with E-state index >= 15 is 0 Å². The predicted molar refractivity (Wildman–Crippen MR) is 97.1 cm³/mol. The highest BCUT2D eigenvalue weighted by Crippen LogP contribution is 2.69. The van der Waals surface area contributed by atoms with Crippen LogP contribution in [0.4, 0.5) is 0 Å². The van der Waals surface area contributed by atoms with E-state index in [-0.39, 0.29) is 29.3 Å². The lowest BCUT2D eigenvalue weighted by Gasteiger charge is -2.66. The van der Waals surface area contributed by atoms with Crippen LogP contribution >= 0.6 is 0 Å². The van der Waals surface area contributed by atoms with Crippen LogP contribution in [0.1, 0.15) is 65.7 Å². The summed E-state index contributed by atoms with van der Waals surface area (Å²) < 4.78 is 0. The van der Waals surface area contributed by atoms with Crippen molar-refractivity contribution in [3.05, 3.63) is 0 Å². The molecule has 0 bridgehead atoms. The fraction of sp³-hybridized carbons (Fsp3) is 1.00. The molecule has 5 heteroatoms. The third-order valence-electron chi connectivity index (χ3n) is 9.57. The quantitative estimate of drug-likeness (QED) is 0.482. The van der Waals surface area contributed by atoms with Crippen molar-refractivity contribution in [2.75, 3.05) is 0 Å². The maximum absolute atomic E-state index is 11.9. The Morgan fingerprint density at radius 3 is 2.31 bits per heavy atom. The molecule has 4 aliphatic rings. The van der Waals surface area contributed by atoms with E-state index in [2.05, 4.69) is 6.92 Å². The molecule has 0 heterocycles. The lowest BCUT2D eigenvalue weighted by atomic mass is 9.41. The van der Waals surface area contributed by atoms with Crippen LogP contribution in [0.25, 0.3) is 0 Å². The Morgan fingerprint density at radius 1 is 0.962 bits per heavy atom. The second-order valence-electron chi connectivity index (χ2n) is 10.4. The van der Waals surface area contributed by atoms with Gasteiger partial charge in [-0.25, -0.2) is 0 Å². The molecule has 0 unspecified atom stereocenters. The van der Waals surface area contributed by atoms with Gasteiger partial charge in [0.05, 0.1) is 30.0 Å². The van der Waals surface area contributed by atoms with Crippen molar-refractivity contribution in [2.45, 2.75) is 95.7 Å². The van der Waals surface area contributed by atoms with E-state index in [4.69, 9.17) is 0 Å². The third-order valence-corrected chi connectivity index (χ3v) is 9.57. The van der Waals surface area contributed by atoms with Crippen LogP contribution in [0.2, 0.25) is 0 Å². The van der Waals surface area contributed by atoms with Crippen molar-refractivity contribution in [2.24, 2.45) is 34.5 Å². The molecule has 4 rings (SSSR count). The van der Waals surface area contributed by atoms with Crippen molar-refractivity contribution in [1.82, 2.24) is 0 Å². The largest absolute Gasteiger partial charge is 0.393 e. The molecule has 0 aromatic rings. The molecule has 11 atom stereocenters. The Morgan fingerprint density at radius 2 is 1.65 bits per heavy atom. The molecule has 4 saturated carbocycles. The molecule has 5 N–H and O–H groups in total. The first-order chi connectivity index (χ1) is 12.1. The first-order valence-electron chi connectivity index (χ1n) is 10.5. The Bertz CT molecular complexity index is 567. The molecule has 5 nitrogen and oxygen atoms in total. The molecule has 0 aliphatic heterocycles. The molecule has 0 saturated heterocycles. The number of fused-ring (bicyclic) bond motifs is 5. The summed E-state index contributed by atoms with van der Waals surface area (Å²) in [4.78, 5) is 0. The fourth-order valence-corrected chi connectivity index (χ4v) is 8.09. The van der Waals surface area contributed by atoms with E-state index in [1.54, 1.807) is 6.92 Å². The summed E-state index contributed by atoms with van der Waals surface area (Å²) in [5.41, 5.74) is -2.11. The fourth-order valence-electron chi connectivity index (χ4n) is 8.09. The van der Waals surface area contributed by atoms with E-state index < -0.39 is 29.3 Å². The van der Waals surface area contributed by atoms with Crippen LogP contribution in [0.15, 0.2) is 0 Å². The molecule has 4 fully saturated rings. The zero-order valence-electron chi connectivity index (χ0n) is 16.3. The molecule has 26 heavy (non-hydrogen) atoms. The second-order valence-corrected chi connectivity index (χ2v) is 10.4. The van der Waals surface area contributed by atoms with Gasteiger partial charge < -0.3 is 25.5 Å². The lowest BCUT2D eigenvalue weighted by molar-refractivity contribution is -0.289. The van der Waals surface area contributed by atoms with E-state index in [1.165, 1.54) is 0 Å².